The van der Waals surface area contributed by atoms with Crippen LogP contribution in [0.25, 0.3) is 0 Å². The molecule has 2 aliphatic heterocycles. The van der Waals surface area contributed by atoms with Gasteiger partial charge in [0.2, 0.25) is 5.91 Å². The highest BCUT2D eigenvalue weighted by Gasteiger charge is 2.35. The maximum Gasteiger partial charge on any atom is 0.270 e. The van der Waals surface area contributed by atoms with Crippen LogP contribution >= 0.6 is 0 Å². The van der Waals surface area contributed by atoms with E-state index in [1.807, 2.05) is 0 Å². The molecule has 1 aromatic heterocycles. The molecule has 13 heteroatoms. The van der Waals surface area contributed by atoms with E-state index in [1.54, 1.807) is 13.0 Å². The molecule has 0 saturated carbocycles. The van der Waals surface area contributed by atoms with Crippen LogP contribution in [0.1, 0.15) is 40.9 Å². The third kappa shape index (κ3) is 6.79. The number of nitrogens with one attached hydrogen (secondary N) is 2. The van der Waals surface area contributed by atoms with Gasteiger partial charge in [0.15, 0.2) is 17.7 Å². The number of aryl methyl sites for hydroxylation is 1. The van der Waals surface area contributed by atoms with Crippen molar-refractivity contribution >= 4 is 17.5 Å². The molecule has 38 heavy (non-hydrogen) atoms. The summed E-state index contributed by atoms with van der Waals surface area (Å²) >= 11 is 0. The van der Waals surface area contributed by atoms with Crippen LogP contribution in [0, 0.1) is 12.7 Å². The van der Waals surface area contributed by atoms with Gasteiger partial charge in [-0.2, -0.15) is 0 Å². The number of amides is 2. The van der Waals surface area contributed by atoms with Gasteiger partial charge in [-0.3, -0.25) is 9.59 Å². The normalized spacial score (nSPS) is 21.7. The molecule has 1 aromatic carbocycles. The van der Waals surface area contributed by atoms with Crippen LogP contribution in [0.4, 0.5) is 4.39 Å². The lowest BCUT2D eigenvalue weighted by atomic mass is 10.0. The summed E-state index contributed by atoms with van der Waals surface area (Å²) in [7, 11) is 1.37. The van der Waals surface area contributed by atoms with Crippen molar-refractivity contribution in [3.63, 3.8) is 0 Å². The number of benzene rings is 1. The average molecular weight is 532 g/mol. The zero-order valence-electron chi connectivity index (χ0n) is 21.3. The molecule has 2 amide bonds. The van der Waals surface area contributed by atoms with Crippen LogP contribution < -0.4 is 15.4 Å². The van der Waals surface area contributed by atoms with Crippen molar-refractivity contribution in [3.8, 4) is 5.75 Å². The summed E-state index contributed by atoms with van der Waals surface area (Å²) in [6.07, 6.45) is -1.81. The Morgan fingerprint density at radius 3 is 2.71 bits per heavy atom. The summed E-state index contributed by atoms with van der Waals surface area (Å²) in [4.78, 5) is 38.5. The van der Waals surface area contributed by atoms with Crippen molar-refractivity contribution in [3.05, 3.63) is 52.9 Å². The van der Waals surface area contributed by atoms with Gasteiger partial charge in [0.05, 0.1) is 32.1 Å². The van der Waals surface area contributed by atoms with E-state index in [0.29, 0.717) is 29.2 Å². The van der Waals surface area contributed by atoms with Gasteiger partial charge in [0, 0.05) is 19.5 Å². The van der Waals surface area contributed by atoms with Crippen molar-refractivity contribution in [1.82, 2.24) is 20.6 Å². The van der Waals surface area contributed by atoms with Crippen LogP contribution in [0.15, 0.2) is 29.4 Å². The Bertz CT molecular complexity index is 1200. The van der Waals surface area contributed by atoms with E-state index in [9.17, 15) is 19.1 Å². The average Bonchev–Trinajstić information content (AvgIpc) is 3.41. The number of halogens is 1. The number of aromatic nitrogens is 2. The maximum absolute atomic E-state index is 13.6. The Morgan fingerprint density at radius 1 is 1.18 bits per heavy atom. The molecule has 0 spiro atoms. The Kier molecular flexibility index (Phi) is 8.81. The van der Waals surface area contributed by atoms with Crippen molar-refractivity contribution in [2.45, 2.75) is 51.2 Å². The van der Waals surface area contributed by atoms with E-state index in [1.165, 1.54) is 32.2 Å². The van der Waals surface area contributed by atoms with E-state index in [2.05, 4.69) is 25.8 Å². The first kappa shape index (κ1) is 27.4. The van der Waals surface area contributed by atoms with Crippen LogP contribution in [0.2, 0.25) is 0 Å². The van der Waals surface area contributed by atoms with E-state index < -0.39 is 29.8 Å². The van der Waals surface area contributed by atoms with Gasteiger partial charge in [-0.05, 0) is 37.6 Å². The van der Waals surface area contributed by atoms with E-state index in [4.69, 9.17) is 19.0 Å². The number of hydrogen-bond donors (Lipinski definition) is 3. The quantitative estimate of drug-likeness (QED) is 0.423. The first-order chi connectivity index (χ1) is 18.2. The minimum Gasteiger partial charge on any atom is -0.494 e. The van der Waals surface area contributed by atoms with Crippen LogP contribution in [0.3, 0.4) is 0 Å². The molecule has 3 N–H and O–H groups in total. The molecule has 2 aliphatic rings. The summed E-state index contributed by atoms with van der Waals surface area (Å²) in [6.45, 7) is 3.93. The molecule has 2 unspecified atom stereocenters. The fourth-order valence-corrected chi connectivity index (χ4v) is 3.92. The third-order valence-electron chi connectivity index (χ3n) is 6.02. The van der Waals surface area contributed by atoms with E-state index >= 15 is 0 Å². The fraction of sp³-hybridized carbons (Fsp3) is 0.480. The van der Waals surface area contributed by atoms with Gasteiger partial charge in [0.1, 0.15) is 29.4 Å². The van der Waals surface area contributed by atoms with Gasteiger partial charge in [0.25, 0.3) is 5.91 Å². The molecule has 0 radical (unpaired) electrons. The second kappa shape index (κ2) is 12.2. The first-order valence-electron chi connectivity index (χ1n) is 12.1. The fourth-order valence-electron chi connectivity index (χ4n) is 3.92. The Morgan fingerprint density at radius 2 is 2.00 bits per heavy atom. The molecule has 1 saturated heterocycles. The Hall–Kier alpha value is -3.68. The zero-order chi connectivity index (χ0) is 27.2. The topological polar surface area (TPSA) is 153 Å². The third-order valence-corrected chi connectivity index (χ3v) is 6.02. The van der Waals surface area contributed by atoms with Crippen molar-refractivity contribution in [2.75, 3.05) is 26.9 Å². The van der Waals surface area contributed by atoms with Gasteiger partial charge >= 0.3 is 0 Å². The largest absolute Gasteiger partial charge is 0.494 e. The van der Waals surface area contributed by atoms with Crippen molar-refractivity contribution < 1.29 is 38.1 Å². The summed E-state index contributed by atoms with van der Waals surface area (Å²) < 4.78 is 30.2. The number of hydrogen-bond acceptors (Lipinski definition) is 10. The SMILES string of the molecule is COc1cc(CNC(=O)c2cc(C3=NOC([C@H]4CO[C@H](CNC(=O)C(C)O)CO4)C3)nc(C)n2)ccc1F. The number of carbonyl (C=O) groups is 2. The highest BCUT2D eigenvalue weighted by Crippen LogP contribution is 2.23. The molecular weight excluding hydrogens is 501 g/mol. The van der Waals surface area contributed by atoms with Crippen LogP contribution in [0.5, 0.6) is 5.75 Å². The minimum atomic E-state index is -1.09. The summed E-state index contributed by atoms with van der Waals surface area (Å²) in [5, 5.41) is 18.8. The van der Waals surface area contributed by atoms with Gasteiger partial charge in [-0.15, -0.1) is 0 Å². The Balaban J connectivity index is 1.31. The molecule has 2 aromatic rings. The summed E-state index contributed by atoms with van der Waals surface area (Å²) in [6, 6.07) is 5.89. The molecular formula is C25H30FN5O7. The Labute approximate surface area is 218 Å². The minimum absolute atomic E-state index is 0.0941. The predicted octanol–water partition coefficient (Wildman–Crippen LogP) is 0.637. The number of oxime groups is 1. The van der Waals surface area contributed by atoms with Crippen molar-refractivity contribution in [1.29, 1.82) is 0 Å². The number of rotatable bonds is 9. The molecule has 0 aliphatic carbocycles. The highest BCUT2D eigenvalue weighted by atomic mass is 19.1. The molecule has 4 atom stereocenters. The van der Waals surface area contributed by atoms with Gasteiger partial charge < -0.3 is 34.8 Å². The van der Waals surface area contributed by atoms with Gasteiger partial charge in [-0.25, -0.2) is 14.4 Å². The lowest BCUT2D eigenvalue weighted by Crippen LogP contribution is -2.47. The lowest BCUT2D eigenvalue weighted by Gasteiger charge is -2.31. The van der Waals surface area contributed by atoms with Crippen LogP contribution in [-0.4, -0.2) is 83.9 Å². The second-order valence-electron chi connectivity index (χ2n) is 8.97. The van der Waals surface area contributed by atoms with E-state index in [0.717, 1.165) is 0 Å². The van der Waals surface area contributed by atoms with Crippen LogP contribution in [-0.2, 0) is 25.7 Å². The monoisotopic (exact) mass is 531 g/mol. The van der Waals surface area contributed by atoms with E-state index in [-0.39, 0.29) is 50.0 Å². The number of ether oxygens (including phenoxy) is 3. The first-order valence-corrected chi connectivity index (χ1v) is 12.1. The second-order valence-corrected chi connectivity index (χ2v) is 8.97. The number of aliphatic hydroxyl groups excluding tert-OH is 1. The number of nitrogens with zero attached hydrogens (tertiary/aromatic N) is 3. The standard InChI is InChI=1S/C25H30FN5O7/c1-13(32)24(33)28-10-16-11-37-23(12-36-16)22-8-19(31-38-22)18-7-20(30-14(2)29-18)25(34)27-9-15-4-5-17(26)21(6-15)35-3/h4-7,13,16,22-23,32H,8-12H2,1-3H3,(H,27,34)(H,28,33)/t13?,16-,22?,23-/m1/s1. The number of methoxy groups -OCH3 is 1. The molecule has 12 nitrogen and oxygen atoms in total. The molecule has 1 fully saturated rings. The molecule has 3 heterocycles. The molecule has 0 bridgehead atoms. The smallest absolute Gasteiger partial charge is 0.270 e. The predicted molar refractivity (Wildman–Crippen MR) is 131 cm³/mol. The molecule has 4 rings (SSSR count). The maximum atomic E-state index is 13.6. The number of aliphatic hydroxyl groups is 1. The molecule has 204 valence electrons. The summed E-state index contributed by atoms with van der Waals surface area (Å²) in [5.74, 6) is -0.897. The lowest BCUT2D eigenvalue weighted by molar-refractivity contribution is -0.170. The summed E-state index contributed by atoms with van der Waals surface area (Å²) in [5.41, 5.74) is 1.84. The number of carbonyl (C=O) groups excluding carboxylic acids is 2. The van der Waals surface area contributed by atoms with Crippen molar-refractivity contribution in [2.24, 2.45) is 5.16 Å². The van der Waals surface area contributed by atoms with Gasteiger partial charge in [-0.1, -0.05) is 11.2 Å². The zero-order valence-corrected chi connectivity index (χ0v) is 21.3. The highest BCUT2D eigenvalue weighted by molar-refractivity contribution is 6.02.